The number of nitrogens with one attached hydrogen (secondary N) is 2. The summed E-state index contributed by atoms with van der Waals surface area (Å²) in [6.45, 7) is 0.530. The molecular weight excluding hydrogens is 376 g/mol. The van der Waals surface area contributed by atoms with Gasteiger partial charge >= 0.3 is 5.97 Å². The van der Waals surface area contributed by atoms with E-state index in [1.165, 1.54) is 7.11 Å². The highest BCUT2D eigenvalue weighted by molar-refractivity contribution is 6.31. The van der Waals surface area contributed by atoms with Gasteiger partial charge in [-0.15, -0.1) is 0 Å². The van der Waals surface area contributed by atoms with E-state index < -0.39 is 5.97 Å². The molecule has 3 aromatic heterocycles. The summed E-state index contributed by atoms with van der Waals surface area (Å²) >= 11 is 6.10. The van der Waals surface area contributed by atoms with Crippen LogP contribution in [0.3, 0.4) is 0 Å². The third kappa shape index (κ3) is 3.54. The van der Waals surface area contributed by atoms with Crippen LogP contribution in [0.15, 0.2) is 60.9 Å². The molecule has 0 aliphatic rings. The smallest absolute Gasteiger partial charge is 0.341 e. The summed E-state index contributed by atoms with van der Waals surface area (Å²) in [5.74, 6) is 0.00999. The van der Waals surface area contributed by atoms with Gasteiger partial charge < -0.3 is 15.0 Å². The normalized spacial score (nSPS) is 10.8. The van der Waals surface area contributed by atoms with E-state index in [4.69, 9.17) is 16.3 Å². The Balaban J connectivity index is 1.74. The summed E-state index contributed by atoms with van der Waals surface area (Å²) in [4.78, 5) is 24.2. The van der Waals surface area contributed by atoms with Crippen LogP contribution in [0.5, 0.6) is 0 Å². The highest BCUT2D eigenvalue weighted by Crippen LogP contribution is 2.30. The molecule has 0 radical (unpaired) electrons. The largest absolute Gasteiger partial charge is 0.465 e. The SMILES string of the molecule is COC(=O)c1ccc(-c2c[nH]c3ncc(Cl)cc23)nc1NCc1ccccc1. The Bertz CT molecular complexity index is 1140. The Morgan fingerprint density at radius 2 is 2.04 bits per heavy atom. The standard InChI is InChI=1S/C21H17ClN4O2/c1-28-21(27)15-7-8-18(17-12-25-19-16(17)9-14(22)11-24-19)26-20(15)23-10-13-5-3-2-4-6-13/h2-9,11-12H,10H2,1H3,(H,23,26)(H,24,25). The number of aromatic amines is 1. The van der Waals surface area contributed by atoms with Crippen LogP contribution in [0.25, 0.3) is 22.3 Å². The summed E-state index contributed by atoms with van der Waals surface area (Å²) in [5.41, 5.74) is 3.71. The molecule has 0 aliphatic carbocycles. The molecule has 0 bridgehead atoms. The van der Waals surface area contributed by atoms with Crippen molar-refractivity contribution >= 4 is 34.4 Å². The molecule has 0 fully saturated rings. The fourth-order valence-electron chi connectivity index (χ4n) is 2.99. The van der Waals surface area contributed by atoms with Crippen molar-refractivity contribution in [2.45, 2.75) is 6.54 Å². The topological polar surface area (TPSA) is 79.9 Å². The Morgan fingerprint density at radius 1 is 1.21 bits per heavy atom. The van der Waals surface area contributed by atoms with Crippen LogP contribution in [0.1, 0.15) is 15.9 Å². The predicted molar refractivity (Wildman–Crippen MR) is 109 cm³/mol. The Hall–Kier alpha value is -3.38. The third-order valence-corrected chi connectivity index (χ3v) is 4.58. The van der Waals surface area contributed by atoms with Crippen molar-refractivity contribution in [1.29, 1.82) is 0 Å². The monoisotopic (exact) mass is 392 g/mol. The number of anilines is 1. The summed E-state index contributed by atoms with van der Waals surface area (Å²) in [5, 5.41) is 4.65. The molecule has 6 nitrogen and oxygen atoms in total. The van der Waals surface area contributed by atoms with E-state index in [1.54, 1.807) is 18.3 Å². The van der Waals surface area contributed by atoms with Crippen molar-refractivity contribution in [3.63, 3.8) is 0 Å². The molecular formula is C21H17ClN4O2. The van der Waals surface area contributed by atoms with Crippen LogP contribution in [-0.2, 0) is 11.3 Å². The summed E-state index contributed by atoms with van der Waals surface area (Å²) in [6, 6.07) is 15.2. The average molecular weight is 393 g/mol. The molecule has 4 aromatic rings. The van der Waals surface area contributed by atoms with Gasteiger partial charge in [-0.3, -0.25) is 0 Å². The quantitative estimate of drug-likeness (QED) is 0.482. The van der Waals surface area contributed by atoms with Crippen molar-refractivity contribution in [2.75, 3.05) is 12.4 Å². The van der Waals surface area contributed by atoms with Crippen LogP contribution in [0.4, 0.5) is 5.82 Å². The number of carbonyl (C=O) groups excluding carboxylic acids is 1. The van der Waals surface area contributed by atoms with Gasteiger partial charge in [0.2, 0.25) is 0 Å². The molecule has 0 atom stereocenters. The number of aromatic nitrogens is 3. The summed E-state index contributed by atoms with van der Waals surface area (Å²) in [6.07, 6.45) is 3.42. The van der Waals surface area contributed by atoms with Crippen molar-refractivity contribution in [3.8, 4) is 11.3 Å². The lowest BCUT2D eigenvalue weighted by Gasteiger charge is -2.12. The molecule has 0 amide bonds. The third-order valence-electron chi connectivity index (χ3n) is 4.38. The van der Waals surface area contributed by atoms with Crippen LogP contribution >= 0.6 is 11.6 Å². The van der Waals surface area contributed by atoms with Crippen LogP contribution in [-0.4, -0.2) is 28.0 Å². The minimum atomic E-state index is -0.446. The van der Waals surface area contributed by atoms with Gasteiger partial charge in [0.25, 0.3) is 0 Å². The predicted octanol–water partition coefficient (Wildman–Crippen LogP) is 4.68. The number of ether oxygens (including phenoxy) is 1. The first kappa shape index (κ1) is 18.0. The lowest BCUT2D eigenvalue weighted by atomic mass is 10.1. The minimum absolute atomic E-state index is 0.373. The van der Waals surface area contributed by atoms with Gasteiger partial charge in [-0.1, -0.05) is 41.9 Å². The van der Waals surface area contributed by atoms with Gasteiger partial charge in [-0.2, -0.15) is 0 Å². The number of benzene rings is 1. The first-order valence-corrected chi connectivity index (χ1v) is 9.03. The lowest BCUT2D eigenvalue weighted by molar-refractivity contribution is 0.0601. The maximum absolute atomic E-state index is 12.2. The van der Waals surface area contributed by atoms with E-state index in [9.17, 15) is 4.79 Å². The zero-order valence-corrected chi connectivity index (χ0v) is 15.8. The molecule has 4 rings (SSSR count). The van der Waals surface area contributed by atoms with Gasteiger partial charge in [-0.25, -0.2) is 14.8 Å². The number of rotatable bonds is 5. The number of H-pyrrole nitrogens is 1. The minimum Gasteiger partial charge on any atom is -0.465 e. The second-order valence-electron chi connectivity index (χ2n) is 6.18. The lowest BCUT2D eigenvalue weighted by Crippen LogP contribution is -2.10. The molecule has 2 N–H and O–H groups in total. The first-order valence-electron chi connectivity index (χ1n) is 8.66. The molecule has 0 saturated carbocycles. The fourth-order valence-corrected chi connectivity index (χ4v) is 3.15. The fraction of sp³-hybridized carbons (Fsp3) is 0.0952. The molecule has 1 aromatic carbocycles. The molecule has 0 unspecified atom stereocenters. The first-order chi connectivity index (χ1) is 13.7. The van der Waals surface area contributed by atoms with E-state index >= 15 is 0 Å². The van der Waals surface area contributed by atoms with E-state index in [1.807, 2.05) is 42.6 Å². The van der Waals surface area contributed by atoms with E-state index in [-0.39, 0.29) is 0 Å². The number of methoxy groups -OCH3 is 1. The number of esters is 1. The second kappa shape index (κ2) is 7.70. The number of fused-ring (bicyclic) bond motifs is 1. The van der Waals surface area contributed by atoms with Crippen LogP contribution < -0.4 is 5.32 Å². The molecule has 140 valence electrons. The van der Waals surface area contributed by atoms with Gasteiger partial charge in [0.05, 0.1) is 17.8 Å². The van der Waals surface area contributed by atoms with Gasteiger partial charge in [-0.05, 0) is 23.8 Å². The number of hydrogen-bond acceptors (Lipinski definition) is 5. The maximum Gasteiger partial charge on any atom is 0.341 e. The maximum atomic E-state index is 12.2. The molecule has 3 heterocycles. The van der Waals surface area contributed by atoms with Crippen molar-refractivity contribution in [2.24, 2.45) is 0 Å². The van der Waals surface area contributed by atoms with E-state index in [2.05, 4.69) is 20.3 Å². The van der Waals surface area contributed by atoms with Gasteiger partial charge in [0.15, 0.2) is 0 Å². The average Bonchev–Trinajstić information content (AvgIpc) is 3.15. The van der Waals surface area contributed by atoms with Crippen LogP contribution in [0, 0.1) is 0 Å². The van der Waals surface area contributed by atoms with Crippen molar-refractivity contribution in [1.82, 2.24) is 15.0 Å². The van der Waals surface area contributed by atoms with Crippen LogP contribution in [0.2, 0.25) is 5.02 Å². The number of nitrogens with zero attached hydrogens (tertiary/aromatic N) is 2. The number of carbonyl (C=O) groups is 1. The second-order valence-corrected chi connectivity index (χ2v) is 6.61. The van der Waals surface area contributed by atoms with Gasteiger partial charge in [0, 0.05) is 29.9 Å². The number of halogens is 1. The summed E-state index contributed by atoms with van der Waals surface area (Å²) in [7, 11) is 1.35. The summed E-state index contributed by atoms with van der Waals surface area (Å²) < 4.78 is 4.89. The zero-order chi connectivity index (χ0) is 19.5. The van der Waals surface area contributed by atoms with E-state index in [0.717, 1.165) is 22.2 Å². The zero-order valence-electron chi connectivity index (χ0n) is 15.1. The molecule has 7 heteroatoms. The van der Waals surface area contributed by atoms with Crippen molar-refractivity contribution < 1.29 is 9.53 Å². The highest BCUT2D eigenvalue weighted by atomic mass is 35.5. The Labute approximate surface area is 166 Å². The molecule has 0 spiro atoms. The molecule has 28 heavy (non-hydrogen) atoms. The Kier molecular flexibility index (Phi) is 4.95. The molecule has 0 aliphatic heterocycles. The Morgan fingerprint density at radius 3 is 2.82 bits per heavy atom. The van der Waals surface area contributed by atoms with E-state index in [0.29, 0.717) is 28.6 Å². The number of pyridine rings is 2. The molecule has 0 saturated heterocycles. The van der Waals surface area contributed by atoms with Gasteiger partial charge in [0.1, 0.15) is 17.0 Å². The van der Waals surface area contributed by atoms with Crippen molar-refractivity contribution in [3.05, 3.63) is 77.1 Å². The number of hydrogen-bond donors (Lipinski definition) is 2. The highest BCUT2D eigenvalue weighted by Gasteiger charge is 2.16.